The fourth-order valence-electron chi connectivity index (χ4n) is 2.05. The largest absolute Gasteiger partial charge is 0.457 e. The Morgan fingerprint density at radius 2 is 2.09 bits per heavy atom. The van der Waals surface area contributed by atoms with Crippen molar-refractivity contribution in [1.29, 1.82) is 5.41 Å². The van der Waals surface area contributed by atoms with Crippen LogP contribution in [0.1, 0.15) is 36.5 Å². The molecule has 1 aromatic carbocycles. The van der Waals surface area contributed by atoms with E-state index in [0.717, 1.165) is 12.1 Å². The average Bonchev–Trinajstić information content (AvgIpc) is 3.23. The number of carbonyl (C=O) groups excluding carboxylic acids is 2. The monoisotopic (exact) mass is 329 g/mol. The van der Waals surface area contributed by atoms with E-state index in [4.69, 9.17) is 21.7 Å². The van der Waals surface area contributed by atoms with Crippen molar-refractivity contribution >= 4 is 29.1 Å². The van der Waals surface area contributed by atoms with Crippen LogP contribution < -0.4 is 0 Å². The predicted octanol–water partition coefficient (Wildman–Crippen LogP) is 3.55. The number of ether oxygens (including phenoxy) is 1. The number of nitrogens with one attached hydrogen (secondary N) is 1. The van der Waals surface area contributed by atoms with E-state index in [-0.39, 0.29) is 17.7 Å². The van der Waals surface area contributed by atoms with Crippen molar-refractivity contribution in [2.24, 2.45) is 5.92 Å². The maximum absolute atomic E-state index is 13.8. The van der Waals surface area contributed by atoms with Gasteiger partial charge in [-0.25, -0.2) is 13.6 Å². The minimum Gasteiger partial charge on any atom is -0.457 e. The van der Waals surface area contributed by atoms with Gasteiger partial charge < -0.3 is 4.74 Å². The molecule has 2 atom stereocenters. The summed E-state index contributed by atoms with van der Waals surface area (Å²) in [5.41, 5.74) is -0.477. The van der Waals surface area contributed by atoms with Gasteiger partial charge in [0.15, 0.2) is 11.6 Å². The van der Waals surface area contributed by atoms with Crippen molar-refractivity contribution in [3.63, 3.8) is 0 Å². The standard InChI is InChI=1S/C15H14ClF2NO3/c1-2-3-10(19)15(21)22-11-6-8(11)14(20)7-4-5-9(17)12(16)13(7)18/h4-5,8,11,19H,2-3,6H2,1H3. The normalized spacial score (nSPS) is 19.6. The molecule has 0 bridgehead atoms. The van der Waals surface area contributed by atoms with Gasteiger partial charge in [-0.05, 0) is 25.0 Å². The molecule has 1 aromatic rings. The van der Waals surface area contributed by atoms with E-state index in [1.54, 1.807) is 0 Å². The molecule has 2 unspecified atom stereocenters. The summed E-state index contributed by atoms with van der Waals surface area (Å²) >= 11 is 5.43. The molecule has 4 nitrogen and oxygen atoms in total. The maximum Gasteiger partial charge on any atom is 0.352 e. The third-order valence-corrected chi connectivity index (χ3v) is 3.72. The highest BCUT2D eigenvalue weighted by atomic mass is 35.5. The molecule has 1 saturated carbocycles. The molecule has 1 fully saturated rings. The summed E-state index contributed by atoms with van der Waals surface area (Å²) in [7, 11) is 0. The molecule has 1 aliphatic carbocycles. The van der Waals surface area contributed by atoms with Crippen LogP contribution in [0.2, 0.25) is 5.02 Å². The van der Waals surface area contributed by atoms with Gasteiger partial charge in [0.25, 0.3) is 0 Å². The topological polar surface area (TPSA) is 67.2 Å². The first kappa shape index (κ1) is 16.5. The molecule has 0 heterocycles. The maximum atomic E-state index is 13.8. The summed E-state index contributed by atoms with van der Waals surface area (Å²) in [6, 6.07) is 1.94. The highest BCUT2D eigenvalue weighted by molar-refractivity contribution is 6.35. The molecule has 7 heteroatoms. The molecular weight excluding hydrogens is 316 g/mol. The highest BCUT2D eigenvalue weighted by Gasteiger charge is 2.47. The van der Waals surface area contributed by atoms with E-state index in [2.05, 4.69) is 0 Å². The van der Waals surface area contributed by atoms with Gasteiger partial charge in [-0.2, -0.15) is 0 Å². The van der Waals surface area contributed by atoms with Gasteiger partial charge in [0.1, 0.15) is 22.7 Å². The third kappa shape index (κ3) is 3.32. The van der Waals surface area contributed by atoms with Crippen LogP contribution in [-0.2, 0) is 9.53 Å². The second kappa shape index (κ2) is 6.52. The fraction of sp³-hybridized carbons (Fsp3) is 0.400. The van der Waals surface area contributed by atoms with E-state index in [1.807, 2.05) is 6.92 Å². The molecule has 1 N–H and O–H groups in total. The Hall–Kier alpha value is -1.82. The summed E-state index contributed by atoms with van der Waals surface area (Å²) in [6.07, 6.45) is 0.533. The zero-order valence-electron chi connectivity index (χ0n) is 11.8. The van der Waals surface area contributed by atoms with Gasteiger partial charge >= 0.3 is 5.97 Å². The van der Waals surface area contributed by atoms with Gasteiger partial charge in [0.05, 0.1) is 11.5 Å². The molecule has 0 radical (unpaired) electrons. The Labute approximate surface area is 130 Å². The van der Waals surface area contributed by atoms with Crippen molar-refractivity contribution in [1.82, 2.24) is 0 Å². The molecular formula is C15H14ClF2NO3. The van der Waals surface area contributed by atoms with Crippen LogP contribution in [0.15, 0.2) is 12.1 Å². The van der Waals surface area contributed by atoms with Gasteiger partial charge in [-0.3, -0.25) is 10.2 Å². The Bertz CT molecular complexity index is 648. The lowest BCUT2D eigenvalue weighted by atomic mass is 10.1. The summed E-state index contributed by atoms with van der Waals surface area (Å²) in [5.74, 6) is -4.07. The number of hydrogen-bond donors (Lipinski definition) is 1. The lowest BCUT2D eigenvalue weighted by Gasteiger charge is -2.06. The second-order valence-electron chi connectivity index (χ2n) is 5.10. The average molecular weight is 330 g/mol. The van der Waals surface area contributed by atoms with Crippen molar-refractivity contribution in [2.75, 3.05) is 0 Å². The Kier molecular flexibility index (Phi) is 4.90. The van der Waals surface area contributed by atoms with Gasteiger partial charge in [0, 0.05) is 0 Å². The molecule has 0 aliphatic heterocycles. The SMILES string of the molecule is CCCC(=N)C(=O)OC1CC1C(=O)c1ccc(F)c(Cl)c1F. The lowest BCUT2D eigenvalue weighted by Crippen LogP contribution is -2.19. The van der Waals surface area contributed by atoms with Gasteiger partial charge in [-0.15, -0.1) is 0 Å². The third-order valence-electron chi connectivity index (χ3n) is 3.37. The van der Waals surface area contributed by atoms with Crippen molar-refractivity contribution in [3.8, 4) is 0 Å². The number of esters is 1. The quantitative estimate of drug-likeness (QED) is 0.375. The summed E-state index contributed by atoms with van der Waals surface area (Å²) < 4.78 is 31.9. The molecule has 118 valence electrons. The molecule has 22 heavy (non-hydrogen) atoms. The zero-order chi connectivity index (χ0) is 16.4. The molecule has 0 aromatic heterocycles. The Morgan fingerprint density at radius 1 is 1.41 bits per heavy atom. The molecule has 0 spiro atoms. The van der Waals surface area contributed by atoms with Crippen LogP contribution in [0.4, 0.5) is 8.78 Å². The first-order valence-corrected chi connectivity index (χ1v) is 7.20. The smallest absolute Gasteiger partial charge is 0.352 e. The zero-order valence-corrected chi connectivity index (χ0v) is 12.5. The number of Topliss-reactive ketones (excluding diaryl/α,β-unsaturated/α-hetero) is 1. The van der Waals surface area contributed by atoms with Crippen LogP contribution in [0.3, 0.4) is 0 Å². The second-order valence-corrected chi connectivity index (χ2v) is 5.48. The molecule has 0 saturated heterocycles. The first-order valence-electron chi connectivity index (χ1n) is 6.82. The van der Waals surface area contributed by atoms with Crippen LogP contribution in [0.5, 0.6) is 0 Å². The Morgan fingerprint density at radius 3 is 2.73 bits per heavy atom. The van der Waals surface area contributed by atoms with E-state index >= 15 is 0 Å². The number of rotatable bonds is 6. The number of benzene rings is 1. The van der Waals surface area contributed by atoms with E-state index in [0.29, 0.717) is 12.8 Å². The van der Waals surface area contributed by atoms with Crippen LogP contribution in [0, 0.1) is 23.0 Å². The van der Waals surface area contributed by atoms with Crippen molar-refractivity contribution < 1.29 is 23.1 Å². The Balaban J connectivity index is 2.01. The minimum absolute atomic E-state index is 0.156. The van der Waals surface area contributed by atoms with E-state index in [1.165, 1.54) is 0 Å². The van der Waals surface area contributed by atoms with Crippen molar-refractivity contribution in [2.45, 2.75) is 32.3 Å². The van der Waals surface area contributed by atoms with Crippen LogP contribution in [-0.4, -0.2) is 23.6 Å². The first-order chi connectivity index (χ1) is 10.4. The number of halogens is 3. The highest BCUT2D eigenvalue weighted by Crippen LogP contribution is 2.38. The number of ketones is 1. The molecule has 0 amide bonds. The molecule has 1 aliphatic rings. The lowest BCUT2D eigenvalue weighted by molar-refractivity contribution is -0.137. The van der Waals surface area contributed by atoms with Crippen LogP contribution in [0.25, 0.3) is 0 Å². The minimum atomic E-state index is -1.11. The summed E-state index contributed by atoms with van der Waals surface area (Å²) in [5, 5.41) is 6.73. The number of hydrogen-bond acceptors (Lipinski definition) is 4. The van der Waals surface area contributed by atoms with Crippen molar-refractivity contribution in [3.05, 3.63) is 34.4 Å². The summed E-state index contributed by atoms with van der Waals surface area (Å²) in [4.78, 5) is 23.7. The number of carbonyl (C=O) groups is 2. The fourth-order valence-corrected chi connectivity index (χ4v) is 2.22. The van der Waals surface area contributed by atoms with E-state index < -0.39 is 40.4 Å². The predicted molar refractivity (Wildman–Crippen MR) is 76.3 cm³/mol. The van der Waals surface area contributed by atoms with Gasteiger partial charge in [0.2, 0.25) is 0 Å². The van der Waals surface area contributed by atoms with Crippen LogP contribution >= 0.6 is 11.6 Å². The summed E-state index contributed by atoms with van der Waals surface area (Å²) in [6.45, 7) is 1.83. The van der Waals surface area contributed by atoms with Gasteiger partial charge in [-0.1, -0.05) is 24.9 Å². The molecule has 2 rings (SSSR count). The van der Waals surface area contributed by atoms with E-state index in [9.17, 15) is 18.4 Å².